The molecule has 2 aliphatic rings. The molecule has 0 aromatic carbocycles. The van der Waals surface area contributed by atoms with E-state index in [9.17, 15) is 4.79 Å². The minimum atomic E-state index is -0.112. The van der Waals surface area contributed by atoms with E-state index in [1.807, 2.05) is 0 Å². The first-order valence-corrected chi connectivity index (χ1v) is 8.66. The number of hydrogen-bond donors (Lipinski definition) is 1. The van der Waals surface area contributed by atoms with Crippen LogP contribution in [0.5, 0.6) is 0 Å². The van der Waals surface area contributed by atoms with E-state index >= 15 is 0 Å². The summed E-state index contributed by atoms with van der Waals surface area (Å²) < 4.78 is 5.00. The number of aryl methyl sites for hydroxylation is 1. The van der Waals surface area contributed by atoms with Crippen LogP contribution in [0.3, 0.4) is 0 Å². The van der Waals surface area contributed by atoms with Gasteiger partial charge in [-0.2, -0.15) is 0 Å². The molecule has 122 valence electrons. The highest BCUT2D eigenvalue weighted by atomic mass is 16.5. The molecular weight excluding hydrogens is 278 g/mol. The molecule has 2 fully saturated rings. The number of hydrogen-bond acceptors (Lipinski definition) is 4. The Balaban J connectivity index is 1.66. The first-order chi connectivity index (χ1) is 10.7. The molecule has 1 aliphatic carbocycles. The van der Waals surface area contributed by atoms with Crippen molar-refractivity contribution in [2.45, 2.75) is 63.8 Å². The lowest BCUT2D eigenvalue weighted by Gasteiger charge is -2.48. The van der Waals surface area contributed by atoms with Crippen LogP contribution >= 0.6 is 0 Å². The minimum absolute atomic E-state index is 0.112. The Hall–Kier alpha value is -1.36. The summed E-state index contributed by atoms with van der Waals surface area (Å²) in [6.45, 7) is 4.90. The van der Waals surface area contributed by atoms with Crippen LogP contribution in [0.25, 0.3) is 0 Å². The Labute approximate surface area is 132 Å². The van der Waals surface area contributed by atoms with Gasteiger partial charge < -0.3 is 9.84 Å². The van der Waals surface area contributed by atoms with Crippen molar-refractivity contribution in [1.82, 2.24) is 15.4 Å². The summed E-state index contributed by atoms with van der Waals surface area (Å²) >= 11 is 0. The summed E-state index contributed by atoms with van der Waals surface area (Å²) in [5.74, 6) is 0.562. The lowest BCUT2D eigenvalue weighted by atomic mass is 9.79. The quantitative estimate of drug-likeness (QED) is 0.929. The maximum Gasteiger partial charge on any atom is 0.273 e. The molecule has 0 bridgehead atoms. The second-order valence-electron chi connectivity index (χ2n) is 6.84. The molecule has 0 radical (unpaired) electrons. The standard InChI is InChI=1S/C17H27N3O2/c1-14-12-15(19-22-14)16(21)18-13-17(8-4-2-5-9-17)20-10-6-3-7-11-20/h12H,2-11,13H2,1H3,(H,18,21). The molecule has 1 aromatic heterocycles. The Kier molecular flexibility index (Phi) is 4.81. The van der Waals surface area contributed by atoms with Gasteiger partial charge in [0.25, 0.3) is 5.91 Å². The van der Waals surface area contributed by atoms with Crippen molar-refractivity contribution in [1.29, 1.82) is 0 Å². The second kappa shape index (κ2) is 6.82. The number of likely N-dealkylation sites (tertiary alicyclic amines) is 1. The molecular formula is C17H27N3O2. The topological polar surface area (TPSA) is 58.4 Å². The van der Waals surface area contributed by atoms with Gasteiger partial charge in [-0.05, 0) is 45.7 Å². The number of aromatic nitrogens is 1. The van der Waals surface area contributed by atoms with Gasteiger partial charge in [0, 0.05) is 18.2 Å². The number of carbonyl (C=O) groups excluding carboxylic acids is 1. The highest BCUT2D eigenvalue weighted by Crippen LogP contribution is 2.35. The third-order valence-electron chi connectivity index (χ3n) is 5.25. The average molecular weight is 305 g/mol. The Morgan fingerprint density at radius 3 is 2.55 bits per heavy atom. The minimum Gasteiger partial charge on any atom is -0.361 e. The van der Waals surface area contributed by atoms with Crippen molar-refractivity contribution in [2.75, 3.05) is 19.6 Å². The fourth-order valence-electron chi connectivity index (χ4n) is 3.99. The number of carbonyl (C=O) groups is 1. The summed E-state index contributed by atoms with van der Waals surface area (Å²) in [7, 11) is 0. The summed E-state index contributed by atoms with van der Waals surface area (Å²) in [4.78, 5) is 14.9. The van der Waals surface area contributed by atoms with Crippen LogP contribution < -0.4 is 5.32 Å². The molecule has 22 heavy (non-hydrogen) atoms. The largest absolute Gasteiger partial charge is 0.361 e. The van der Waals surface area contributed by atoms with Gasteiger partial charge in [0.15, 0.2) is 5.69 Å². The highest BCUT2D eigenvalue weighted by Gasteiger charge is 2.38. The van der Waals surface area contributed by atoms with Crippen LogP contribution in [-0.2, 0) is 0 Å². The van der Waals surface area contributed by atoms with Crippen molar-refractivity contribution in [3.63, 3.8) is 0 Å². The van der Waals surface area contributed by atoms with Gasteiger partial charge >= 0.3 is 0 Å². The van der Waals surface area contributed by atoms with E-state index in [2.05, 4.69) is 15.4 Å². The first kappa shape index (κ1) is 15.5. The van der Waals surface area contributed by atoms with Crippen LogP contribution in [0.2, 0.25) is 0 Å². The predicted molar refractivity (Wildman–Crippen MR) is 84.8 cm³/mol. The van der Waals surface area contributed by atoms with Gasteiger partial charge in [0.1, 0.15) is 5.76 Å². The van der Waals surface area contributed by atoms with E-state index in [1.165, 1.54) is 64.5 Å². The van der Waals surface area contributed by atoms with Crippen molar-refractivity contribution >= 4 is 5.91 Å². The summed E-state index contributed by atoms with van der Waals surface area (Å²) in [6, 6.07) is 1.70. The molecule has 1 aliphatic heterocycles. The van der Waals surface area contributed by atoms with Gasteiger partial charge in [0.2, 0.25) is 0 Å². The van der Waals surface area contributed by atoms with Crippen molar-refractivity contribution in [3.05, 3.63) is 17.5 Å². The molecule has 1 N–H and O–H groups in total. The van der Waals surface area contributed by atoms with E-state index in [0.29, 0.717) is 11.5 Å². The Bertz CT molecular complexity index is 500. The van der Waals surface area contributed by atoms with Crippen LogP contribution in [0.4, 0.5) is 0 Å². The van der Waals surface area contributed by atoms with Gasteiger partial charge in [-0.25, -0.2) is 0 Å². The Morgan fingerprint density at radius 2 is 1.91 bits per heavy atom. The Morgan fingerprint density at radius 1 is 1.23 bits per heavy atom. The normalized spacial score (nSPS) is 22.4. The fourth-order valence-corrected chi connectivity index (χ4v) is 3.99. The number of piperidine rings is 1. The molecule has 5 nitrogen and oxygen atoms in total. The van der Waals surface area contributed by atoms with Gasteiger partial charge in [0.05, 0.1) is 0 Å². The number of rotatable bonds is 4. The molecule has 1 saturated carbocycles. The van der Waals surface area contributed by atoms with Gasteiger partial charge in [-0.3, -0.25) is 9.69 Å². The molecule has 0 spiro atoms. The van der Waals surface area contributed by atoms with Gasteiger partial charge in [-0.1, -0.05) is 30.8 Å². The number of nitrogens with zero attached hydrogens (tertiary/aromatic N) is 2. The van der Waals surface area contributed by atoms with E-state index in [4.69, 9.17) is 4.52 Å². The average Bonchev–Trinajstić information content (AvgIpc) is 3.01. The van der Waals surface area contributed by atoms with Crippen molar-refractivity contribution in [3.8, 4) is 0 Å². The third-order valence-corrected chi connectivity index (χ3v) is 5.25. The summed E-state index contributed by atoms with van der Waals surface area (Å²) in [5.41, 5.74) is 0.551. The van der Waals surface area contributed by atoms with Crippen LogP contribution in [-0.4, -0.2) is 41.1 Å². The fraction of sp³-hybridized carbons (Fsp3) is 0.765. The monoisotopic (exact) mass is 305 g/mol. The molecule has 1 aromatic rings. The smallest absolute Gasteiger partial charge is 0.273 e. The zero-order chi connectivity index (χ0) is 15.4. The third kappa shape index (κ3) is 3.35. The van der Waals surface area contributed by atoms with Crippen LogP contribution in [0, 0.1) is 6.92 Å². The lowest BCUT2D eigenvalue weighted by molar-refractivity contribution is 0.0325. The van der Waals surface area contributed by atoms with E-state index < -0.39 is 0 Å². The van der Waals surface area contributed by atoms with E-state index in [1.54, 1.807) is 13.0 Å². The molecule has 0 atom stereocenters. The second-order valence-corrected chi connectivity index (χ2v) is 6.84. The highest BCUT2D eigenvalue weighted by molar-refractivity contribution is 5.92. The van der Waals surface area contributed by atoms with E-state index in [-0.39, 0.29) is 11.4 Å². The summed E-state index contributed by atoms with van der Waals surface area (Å²) in [6.07, 6.45) is 10.2. The SMILES string of the molecule is Cc1cc(C(=O)NCC2(N3CCCCC3)CCCCC2)no1. The maximum absolute atomic E-state index is 12.3. The zero-order valence-corrected chi connectivity index (χ0v) is 13.6. The molecule has 3 rings (SSSR count). The molecule has 2 heterocycles. The first-order valence-electron chi connectivity index (χ1n) is 8.66. The van der Waals surface area contributed by atoms with Crippen molar-refractivity contribution < 1.29 is 9.32 Å². The molecule has 1 amide bonds. The number of nitrogens with one attached hydrogen (secondary N) is 1. The predicted octanol–water partition coefficient (Wildman–Crippen LogP) is 2.90. The zero-order valence-electron chi connectivity index (χ0n) is 13.6. The summed E-state index contributed by atoms with van der Waals surface area (Å²) in [5, 5.41) is 6.93. The maximum atomic E-state index is 12.3. The number of amides is 1. The molecule has 0 unspecified atom stereocenters. The lowest BCUT2D eigenvalue weighted by Crippen LogP contribution is -2.58. The van der Waals surface area contributed by atoms with Crippen LogP contribution in [0.15, 0.2) is 10.6 Å². The molecule has 1 saturated heterocycles. The van der Waals surface area contributed by atoms with Crippen LogP contribution in [0.1, 0.15) is 67.6 Å². The molecule has 5 heteroatoms. The van der Waals surface area contributed by atoms with Crippen molar-refractivity contribution in [2.24, 2.45) is 0 Å². The van der Waals surface area contributed by atoms with E-state index in [0.717, 1.165) is 6.54 Å². The van der Waals surface area contributed by atoms with Gasteiger partial charge in [-0.15, -0.1) is 0 Å².